The van der Waals surface area contributed by atoms with Crippen LogP contribution in [0.4, 0.5) is 0 Å². The molecule has 0 unspecified atom stereocenters. The lowest BCUT2D eigenvalue weighted by molar-refractivity contribution is 0.317. The Bertz CT molecular complexity index is 1040. The van der Waals surface area contributed by atoms with E-state index in [2.05, 4.69) is 68.2 Å². The molecule has 29 heavy (non-hydrogen) atoms. The molecule has 0 fully saturated rings. The number of hydrogen-bond acceptors (Lipinski definition) is 2. The van der Waals surface area contributed by atoms with Gasteiger partial charge in [-0.1, -0.05) is 68.5 Å². The van der Waals surface area contributed by atoms with E-state index < -0.39 is 0 Å². The highest BCUT2D eigenvalue weighted by Gasteiger charge is 2.03. The summed E-state index contributed by atoms with van der Waals surface area (Å²) in [5, 5.41) is 9.41. The van der Waals surface area contributed by atoms with E-state index in [1.54, 1.807) is 6.07 Å². The zero-order valence-electron chi connectivity index (χ0n) is 17.0. The predicted molar refractivity (Wildman–Crippen MR) is 119 cm³/mol. The molecule has 3 aromatic rings. The van der Waals surface area contributed by atoms with E-state index in [1.165, 1.54) is 16.7 Å². The second kappa shape index (κ2) is 10.2. The second-order valence-corrected chi connectivity index (χ2v) is 6.94. The molecule has 2 nitrogen and oxygen atoms in total. The fourth-order valence-electron chi connectivity index (χ4n) is 3.07. The molecule has 0 aliphatic carbocycles. The molecular formula is C27H25NO. The molecule has 0 heterocycles. The average Bonchev–Trinajstić information content (AvgIpc) is 2.77. The number of aryl methyl sites for hydroxylation is 1. The minimum Gasteiger partial charge on any atom is -0.494 e. The van der Waals surface area contributed by atoms with Crippen LogP contribution in [0.1, 0.15) is 48.9 Å². The van der Waals surface area contributed by atoms with Crippen molar-refractivity contribution in [2.45, 2.75) is 33.1 Å². The summed E-state index contributed by atoms with van der Waals surface area (Å²) < 4.78 is 5.59. The van der Waals surface area contributed by atoms with Gasteiger partial charge in [0.05, 0.1) is 12.2 Å². The normalized spacial score (nSPS) is 9.97. The fraction of sp³-hybridized carbons (Fsp3) is 0.222. The number of hydrogen-bond donors (Lipinski definition) is 0. The zero-order chi connectivity index (χ0) is 20.5. The minimum atomic E-state index is 0.537. The Hall–Kier alpha value is -3.49. The van der Waals surface area contributed by atoms with Crippen molar-refractivity contribution in [1.82, 2.24) is 0 Å². The standard InChI is InChI=1S/C27H25NO/c1-3-5-21-6-11-23(12-7-21)24-13-8-22(9-14-24)10-15-25-16-17-27(29-18-4-2)19-26(25)20-28/h6-9,11-14,16-17,19H,3-5,18H2,1-2H3. The number of nitrogens with zero attached hydrogens (tertiary/aromatic N) is 1. The largest absolute Gasteiger partial charge is 0.494 e. The maximum Gasteiger partial charge on any atom is 0.120 e. The lowest BCUT2D eigenvalue weighted by Gasteiger charge is -2.05. The Kier molecular flexibility index (Phi) is 7.10. The third-order valence-corrected chi connectivity index (χ3v) is 4.64. The molecule has 0 aliphatic heterocycles. The van der Waals surface area contributed by atoms with E-state index in [0.29, 0.717) is 23.5 Å². The van der Waals surface area contributed by atoms with E-state index in [4.69, 9.17) is 4.74 Å². The molecule has 3 rings (SSSR count). The third-order valence-electron chi connectivity index (χ3n) is 4.64. The van der Waals surface area contributed by atoms with Crippen molar-refractivity contribution < 1.29 is 4.74 Å². The Balaban J connectivity index is 1.75. The number of rotatable bonds is 6. The van der Waals surface area contributed by atoms with Crippen LogP contribution < -0.4 is 4.74 Å². The van der Waals surface area contributed by atoms with E-state index in [9.17, 15) is 5.26 Å². The Labute approximate surface area is 173 Å². The molecule has 0 N–H and O–H groups in total. The second-order valence-electron chi connectivity index (χ2n) is 6.94. The zero-order valence-corrected chi connectivity index (χ0v) is 17.0. The first-order chi connectivity index (χ1) is 14.2. The van der Waals surface area contributed by atoms with Gasteiger partial charge in [0.1, 0.15) is 11.8 Å². The molecule has 0 saturated carbocycles. The van der Waals surface area contributed by atoms with Gasteiger partial charge in [-0.3, -0.25) is 0 Å². The SMILES string of the molecule is CCCOc1ccc(C#Cc2ccc(-c3ccc(CCC)cc3)cc2)c(C#N)c1. The molecule has 0 radical (unpaired) electrons. The fourth-order valence-corrected chi connectivity index (χ4v) is 3.07. The molecule has 3 aromatic carbocycles. The minimum absolute atomic E-state index is 0.537. The van der Waals surface area contributed by atoms with E-state index >= 15 is 0 Å². The number of nitriles is 1. The summed E-state index contributed by atoms with van der Waals surface area (Å²) >= 11 is 0. The molecule has 2 heteroatoms. The van der Waals surface area contributed by atoms with Crippen LogP contribution in [0.15, 0.2) is 66.7 Å². The molecule has 0 atom stereocenters. The van der Waals surface area contributed by atoms with Gasteiger partial charge in [0.25, 0.3) is 0 Å². The molecule has 0 aliphatic rings. The first-order valence-electron chi connectivity index (χ1n) is 10.1. The molecule has 0 saturated heterocycles. The van der Waals surface area contributed by atoms with Gasteiger partial charge in [-0.15, -0.1) is 0 Å². The van der Waals surface area contributed by atoms with Crippen LogP contribution >= 0.6 is 0 Å². The van der Waals surface area contributed by atoms with Crippen molar-refractivity contribution >= 4 is 0 Å². The van der Waals surface area contributed by atoms with Gasteiger partial charge >= 0.3 is 0 Å². The van der Waals surface area contributed by atoms with Crippen molar-refractivity contribution in [3.8, 4) is 34.8 Å². The van der Waals surface area contributed by atoms with Crippen LogP contribution in [0.3, 0.4) is 0 Å². The van der Waals surface area contributed by atoms with E-state index in [1.807, 2.05) is 24.3 Å². The van der Waals surface area contributed by atoms with Gasteiger partial charge in [0.2, 0.25) is 0 Å². The summed E-state index contributed by atoms with van der Waals surface area (Å²) in [6.07, 6.45) is 3.21. The van der Waals surface area contributed by atoms with Crippen molar-refractivity contribution in [2.75, 3.05) is 6.61 Å². The van der Waals surface area contributed by atoms with Crippen LogP contribution in [0.5, 0.6) is 5.75 Å². The summed E-state index contributed by atoms with van der Waals surface area (Å²) in [7, 11) is 0. The van der Waals surface area contributed by atoms with E-state index in [0.717, 1.165) is 24.8 Å². The maximum absolute atomic E-state index is 9.41. The Morgan fingerprint density at radius 2 is 1.45 bits per heavy atom. The summed E-state index contributed by atoms with van der Waals surface area (Å²) in [6.45, 7) is 4.89. The monoisotopic (exact) mass is 379 g/mol. The topological polar surface area (TPSA) is 33.0 Å². The number of ether oxygens (including phenoxy) is 1. The average molecular weight is 380 g/mol. The quantitative estimate of drug-likeness (QED) is 0.466. The smallest absolute Gasteiger partial charge is 0.120 e. The Morgan fingerprint density at radius 1 is 0.759 bits per heavy atom. The maximum atomic E-state index is 9.41. The first-order valence-corrected chi connectivity index (χ1v) is 10.1. The molecule has 0 amide bonds. The number of benzene rings is 3. The van der Waals surface area contributed by atoms with Crippen LogP contribution in [-0.4, -0.2) is 6.61 Å². The van der Waals surface area contributed by atoms with Crippen LogP contribution in [0, 0.1) is 23.2 Å². The predicted octanol–water partition coefficient (Wildman–Crippen LogP) is 6.37. The van der Waals surface area contributed by atoms with Gasteiger partial charge in [-0.05, 0) is 59.9 Å². The van der Waals surface area contributed by atoms with Crippen molar-refractivity contribution in [1.29, 1.82) is 5.26 Å². The van der Waals surface area contributed by atoms with Crippen molar-refractivity contribution in [3.63, 3.8) is 0 Å². The summed E-state index contributed by atoms with van der Waals surface area (Å²) in [5.74, 6) is 6.99. The van der Waals surface area contributed by atoms with Gasteiger partial charge in [0, 0.05) is 11.1 Å². The lowest BCUT2D eigenvalue weighted by Crippen LogP contribution is -1.96. The van der Waals surface area contributed by atoms with E-state index in [-0.39, 0.29) is 0 Å². The summed E-state index contributed by atoms with van der Waals surface area (Å²) in [5.41, 5.74) is 5.93. The van der Waals surface area contributed by atoms with Gasteiger partial charge in [0.15, 0.2) is 0 Å². The molecular weight excluding hydrogens is 354 g/mol. The van der Waals surface area contributed by atoms with Crippen LogP contribution in [-0.2, 0) is 6.42 Å². The molecule has 0 bridgehead atoms. The van der Waals surface area contributed by atoms with Crippen molar-refractivity contribution in [2.24, 2.45) is 0 Å². The van der Waals surface area contributed by atoms with Crippen LogP contribution in [0.2, 0.25) is 0 Å². The molecule has 0 spiro atoms. The first kappa shape index (κ1) is 20.2. The van der Waals surface area contributed by atoms with Crippen molar-refractivity contribution in [3.05, 3.63) is 89.0 Å². The third kappa shape index (κ3) is 5.50. The molecule has 0 aromatic heterocycles. The van der Waals surface area contributed by atoms with Crippen LogP contribution in [0.25, 0.3) is 11.1 Å². The van der Waals surface area contributed by atoms with Gasteiger partial charge in [-0.25, -0.2) is 0 Å². The van der Waals surface area contributed by atoms with Gasteiger partial charge < -0.3 is 4.74 Å². The highest BCUT2D eigenvalue weighted by atomic mass is 16.5. The molecule has 144 valence electrons. The lowest BCUT2D eigenvalue weighted by atomic mass is 10.0. The summed E-state index contributed by atoms with van der Waals surface area (Å²) in [6, 6.07) is 24.6. The summed E-state index contributed by atoms with van der Waals surface area (Å²) in [4.78, 5) is 0. The highest BCUT2D eigenvalue weighted by molar-refractivity contribution is 5.65. The Morgan fingerprint density at radius 3 is 2.07 bits per heavy atom. The van der Waals surface area contributed by atoms with Gasteiger partial charge in [-0.2, -0.15) is 5.26 Å². The highest BCUT2D eigenvalue weighted by Crippen LogP contribution is 2.21.